The third-order valence-electron chi connectivity index (χ3n) is 5.51. The maximum Gasteiger partial charge on any atom is 0.220 e. The van der Waals surface area contributed by atoms with Crippen LogP contribution in [0.15, 0.2) is 94.2 Å². The smallest absolute Gasteiger partial charge is 0.220 e. The second kappa shape index (κ2) is 10.1. The summed E-state index contributed by atoms with van der Waals surface area (Å²) in [6.45, 7) is 1.86. The first-order valence-corrected chi connectivity index (χ1v) is 12.9. The number of sulfone groups is 1. The Hall–Kier alpha value is -3.71. The lowest BCUT2D eigenvalue weighted by Gasteiger charge is -2.14. The molecule has 7 heteroatoms. The molecule has 0 aliphatic rings. The lowest BCUT2D eigenvalue weighted by molar-refractivity contribution is -0.121. The maximum absolute atomic E-state index is 12.6. The van der Waals surface area contributed by atoms with Crippen LogP contribution >= 0.6 is 0 Å². The number of aromatic nitrogens is 1. The van der Waals surface area contributed by atoms with E-state index >= 15 is 0 Å². The van der Waals surface area contributed by atoms with Gasteiger partial charge >= 0.3 is 0 Å². The first-order valence-electron chi connectivity index (χ1n) is 11.0. The van der Waals surface area contributed by atoms with E-state index in [4.69, 9.17) is 9.40 Å². The van der Waals surface area contributed by atoms with Crippen LogP contribution in [0.1, 0.15) is 30.8 Å². The molecule has 1 heterocycles. The van der Waals surface area contributed by atoms with Crippen LogP contribution in [0, 0.1) is 0 Å². The lowest BCUT2D eigenvalue weighted by atomic mass is 10.1. The number of nitrogens with zero attached hydrogens (tertiary/aromatic N) is 1. The van der Waals surface area contributed by atoms with E-state index in [9.17, 15) is 13.2 Å². The van der Waals surface area contributed by atoms with Gasteiger partial charge in [-0.05, 0) is 24.6 Å². The molecule has 0 radical (unpaired) electrons. The summed E-state index contributed by atoms with van der Waals surface area (Å²) in [4.78, 5) is 17.5. The largest absolute Gasteiger partial charge is 0.440 e. The van der Waals surface area contributed by atoms with Crippen LogP contribution in [-0.4, -0.2) is 25.6 Å². The zero-order chi connectivity index (χ0) is 24.1. The third-order valence-corrected chi connectivity index (χ3v) is 6.63. The summed E-state index contributed by atoms with van der Waals surface area (Å²) in [5.74, 6) is 1.04. The van der Waals surface area contributed by atoms with Crippen molar-refractivity contribution in [3.05, 3.63) is 96.4 Å². The van der Waals surface area contributed by atoms with Gasteiger partial charge in [0.05, 0.1) is 10.9 Å². The fourth-order valence-corrected chi connectivity index (χ4v) is 4.30. The van der Waals surface area contributed by atoms with Crippen molar-refractivity contribution in [3.8, 4) is 22.6 Å². The van der Waals surface area contributed by atoms with Gasteiger partial charge in [-0.3, -0.25) is 4.79 Å². The van der Waals surface area contributed by atoms with Crippen LogP contribution in [0.25, 0.3) is 22.6 Å². The minimum Gasteiger partial charge on any atom is -0.440 e. The van der Waals surface area contributed by atoms with Crippen LogP contribution in [0.4, 0.5) is 0 Å². The standard InChI is InChI=1S/C27H26N2O4S/c1-19(20-13-15-23(16-14-20)34(2,31)32)28-24(30)17-18-25-29-26(21-9-5-3-6-10-21)27(33-25)22-11-7-4-8-12-22/h3-16,19H,17-18H2,1-2H3,(H,28,30). The van der Waals surface area contributed by atoms with E-state index in [0.29, 0.717) is 18.1 Å². The van der Waals surface area contributed by atoms with E-state index < -0.39 is 9.84 Å². The summed E-state index contributed by atoms with van der Waals surface area (Å²) in [7, 11) is -3.25. The van der Waals surface area contributed by atoms with Crippen molar-refractivity contribution < 1.29 is 17.6 Å². The SMILES string of the molecule is CC(NC(=O)CCc1nc(-c2ccccc2)c(-c2ccccc2)o1)c1ccc(S(C)(=O)=O)cc1. The molecule has 1 amide bonds. The molecular weight excluding hydrogens is 448 g/mol. The first-order chi connectivity index (χ1) is 16.3. The van der Waals surface area contributed by atoms with Gasteiger partial charge in [-0.1, -0.05) is 72.8 Å². The van der Waals surface area contributed by atoms with Gasteiger partial charge in [-0.25, -0.2) is 13.4 Å². The highest BCUT2D eigenvalue weighted by molar-refractivity contribution is 7.90. The second-order valence-corrected chi connectivity index (χ2v) is 10.2. The van der Waals surface area contributed by atoms with Gasteiger partial charge in [0.15, 0.2) is 21.5 Å². The molecule has 0 saturated heterocycles. The van der Waals surface area contributed by atoms with E-state index in [1.54, 1.807) is 24.3 Å². The number of nitrogens with one attached hydrogen (secondary N) is 1. The molecule has 4 aromatic rings. The second-order valence-electron chi connectivity index (χ2n) is 8.15. The van der Waals surface area contributed by atoms with E-state index in [0.717, 1.165) is 22.4 Å². The number of amides is 1. The Balaban J connectivity index is 1.45. The predicted octanol–water partition coefficient (Wildman–Crippen LogP) is 5.22. The average molecular weight is 475 g/mol. The van der Waals surface area contributed by atoms with Crippen molar-refractivity contribution >= 4 is 15.7 Å². The molecule has 0 bridgehead atoms. The Kier molecular flexibility index (Phi) is 6.93. The number of aryl methyl sites for hydroxylation is 1. The Morgan fingerprint density at radius 2 is 1.50 bits per heavy atom. The van der Waals surface area contributed by atoms with E-state index in [1.807, 2.05) is 67.6 Å². The van der Waals surface area contributed by atoms with Crippen LogP contribution in [0.5, 0.6) is 0 Å². The average Bonchev–Trinajstić information content (AvgIpc) is 3.28. The maximum atomic E-state index is 12.6. The van der Waals surface area contributed by atoms with Gasteiger partial charge in [0, 0.05) is 30.2 Å². The summed E-state index contributed by atoms with van der Waals surface area (Å²) in [6, 6.07) is 25.9. The molecule has 34 heavy (non-hydrogen) atoms. The lowest BCUT2D eigenvalue weighted by Crippen LogP contribution is -2.26. The summed E-state index contributed by atoms with van der Waals surface area (Å²) < 4.78 is 29.4. The van der Waals surface area contributed by atoms with Crippen LogP contribution < -0.4 is 5.32 Å². The molecule has 4 rings (SSSR count). The van der Waals surface area contributed by atoms with E-state index in [-0.39, 0.29) is 23.3 Å². The third kappa shape index (κ3) is 5.61. The molecule has 1 atom stereocenters. The molecule has 0 aliphatic heterocycles. The predicted molar refractivity (Wildman–Crippen MR) is 132 cm³/mol. The number of carbonyl (C=O) groups is 1. The zero-order valence-corrected chi connectivity index (χ0v) is 19.9. The summed E-state index contributed by atoms with van der Waals surface area (Å²) in [6.07, 6.45) is 1.75. The monoisotopic (exact) mass is 474 g/mol. The molecule has 1 unspecified atom stereocenters. The van der Waals surface area contributed by atoms with Gasteiger partial charge in [0.25, 0.3) is 0 Å². The van der Waals surface area contributed by atoms with Gasteiger partial charge in [-0.15, -0.1) is 0 Å². The Labute approximate surface area is 199 Å². The van der Waals surface area contributed by atoms with Crippen LogP contribution in [-0.2, 0) is 21.1 Å². The number of oxazole rings is 1. The Morgan fingerprint density at radius 1 is 0.912 bits per heavy atom. The molecule has 1 aromatic heterocycles. The topological polar surface area (TPSA) is 89.3 Å². The van der Waals surface area contributed by atoms with Crippen molar-refractivity contribution in [2.75, 3.05) is 6.26 Å². The van der Waals surface area contributed by atoms with Gasteiger partial charge in [0.2, 0.25) is 5.91 Å². The molecule has 174 valence electrons. The molecule has 0 aliphatic carbocycles. The molecule has 0 saturated carbocycles. The Morgan fingerprint density at radius 3 is 2.09 bits per heavy atom. The summed E-state index contributed by atoms with van der Waals surface area (Å²) in [5.41, 5.74) is 3.46. The number of hydrogen-bond acceptors (Lipinski definition) is 5. The highest BCUT2D eigenvalue weighted by Gasteiger charge is 2.18. The van der Waals surface area contributed by atoms with Crippen molar-refractivity contribution in [2.45, 2.75) is 30.7 Å². The van der Waals surface area contributed by atoms with E-state index in [2.05, 4.69) is 5.32 Å². The number of benzene rings is 3. The molecule has 6 nitrogen and oxygen atoms in total. The van der Waals surface area contributed by atoms with E-state index in [1.165, 1.54) is 6.26 Å². The van der Waals surface area contributed by atoms with Gasteiger partial charge in [-0.2, -0.15) is 0 Å². The normalized spacial score (nSPS) is 12.3. The molecule has 3 aromatic carbocycles. The molecule has 1 N–H and O–H groups in total. The molecule has 0 spiro atoms. The Bertz CT molecular complexity index is 1310. The van der Waals surface area contributed by atoms with Crippen LogP contribution in [0.3, 0.4) is 0 Å². The first kappa shape index (κ1) is 23.4. The van der Waals surface area contributed by atoms with Crippen LogP contribution in [0.2, 0.25) is 0 Å². The zero-order valence-electron chi connectivity index (χ0n) is 19.1. The minimum absolute atomic E-state index is 0.139. The number of hydrogen-bond donors (Lipinski definition) is 1. The summed E-state index contributed by atoms with van der Waals surface area (Å²) >= 11 is 0. The fourth-order valence-electron chi connectivity index (χ4n) is 3.67. The fraction of sp³-hybridized carbons (Fsp3) is 0.185. The molecule has 0 fully saturated rings. The number of carbonyl (C=O) groups excluding carboxylic acids is 1. The highest BCUT2D eigenvalue weighted by atomic mass is 32.2. The quantitative estimate of drug-likeness (QED) is 0.378. The van der Waals surface area contributed by atoms with Crippen molar-refractivity contribution in [1.29, 1.82) is 0 Å². The van der Waals surface area contributed by atoms with Crippen molar-refractivity contribution in [1.82, 2.24) is 10.3 Å². The van der Waals surface area contributed by atoms with Crippen molar-refractivity contribution in [3.63, 3.8) is 0 Å². The molecular formula is C27H26N2O4S. The van der Waals surface area contributed by atoms with Gasteiger partial charge in [0.1, 0.15) is 5.69 Å². The highest BCUT2D eigenvalue weighted by Crippen LogP contribution is 2.32. The summed E-state index contributed by atoms with van der Waals surface area (Å²) in [5, 5.41) is 2.95. The van der Waals surface area contributed by atoms with Gasteiger partial charge < -0.3 is 9.73 Å². The number of rotatable bonds is 8. The van der Waals surface area contributed by atoms with Crippen molar-refractivity contribution in [2.24, 2.45) is 0 Å². The minimum atomic E-state index is -3.25.